The molecule has 2 N–H and O–H groups in total. The number of phosphoric ester groups is 1. The third-order valence-corrected chi connectivity index (χ3v) is 16.0. The van der Waals surface area contributed by atoms with Crippen LogP contribution in [0.1, 0.15) is 310 Å². The molecule has 0 saturated heterocycles. The van der Waals surface area contributed by atoms with E-state index in [0.29, 0.717) is 17.4 Å². The van der Waals surface area contributed by atoms with Gasteiger partial charge in [-0.25, -0.2) is 4.57 Å². The minimum Gasteiger partial charge on any atom is -0.456 e. The lowest BCUT2D eigenvalue weighted by Gasteiger charge is -2.27. The summed E-state index contributed by atoms with van der Waals surface area (Å²) in [6, 6.07) is -0.858. The van der Waals surface area contributed by atoms with Crippen molar-refractivity contribution in [3.05, 3.63) is 85.1 Å². The van der Waals surface area contributed by atoms with E-state index in [1.165, 1.54) is 180 Å². The Hall–Kier alpha value is -2.81. The number of esters is 1. The lowest BCUT2D eigenvalue weighted by molar-refractivity contribution is -0.870. The van der Waals surface area contributed by atoms with E-state index in [0.717, 1.165) is 96.3 Å². The summed E-state index contributed by atoms with van der Waals surface area (Å²) in [5, 5.41) is 3.06. The first-order chi connectivity index (χ1) is 39.9. The molecule has 9 nitrogen and oxygen atoms in total. The average Bonchev–Trinajstić information content (AvgIpc) is 3.47. The van der Waals surface area contributed by atoms with Gasteiger partial charge in [-0.15, -0.1) is 0 Å². The number of rotatable bonds is 62. The highest BCUT2D eigenvalue weighted by Gasteiger charge is 2.30. The molecule has 0 aliphatic carbocycles. The Balaban J connectivity index is 5.15. The van der Waals surface area contributed by atoms with Gasteiger partial charge in [-0.05, 0) is 109 Å². The van der Waals surface area contributed by atoms with E-state index < -0.39 is 20.0 Å². The van der Waals surface area contributed by atoms with Gasteiger partial charge < -0.3 is 19.4 Å². The van der Waals surface area contributed by atoms with Gasteiger partial charge in [0.15, 0.2) is 0 Å². The molecule has 0 fully saturated rings. The Bertz CT molecular complexity index is 1680. The summed E-state index contributed by atoms with van der Waals surface area (Å²) in [6.07, 6.45) is 81.5. The Morgan fingerprint density at radius 2 is 0.744 bits per heavy atom. The topological polar surface area (TPSA) is 111 Å². The maximum Gasteiger partial charge on any atom is 0.472 e. The summed E-state index contributed by atoms with van der Waals surface area (Å²) in [4.78, 5) is 37.9. The SMILES string of the molecule is CCCCC/C=C\C/C=C\C/C=C\CCCCCCCCCCCCC(=O)NC(COP(=O)(O)OCC[N+](C)(C)C)C(/C=C/CCCCCCCCCCCC)OC(=O)CCCCCCCCCC/C=C\C/C=C\C/C=C\CCCCC. The van der Waals surface area contributed by atoms with Gasteiger partial charge in [0.2, 0.25) is 5.91 Å². The molecule has 476 valence electrons. The Morgan fingerprint density at radius 1 is 0.427 bits per heavy atom. The molecule has 3 atom stereocenters. The van der Waals surface area contributed by atoms with E-state index in [1.54, 1.807) is 0 Å². The summed E-state index contributed by atoms with van der Waals surface area (Å²) in [6.45, 7) is 6.97. The lowest BCUT2D eigenvalue weighted by Crippen LogP contribution is -2.47. The van der Waals surface area contributed by atoms with Crippen LogP contribution < -0.4 is 5.32 Å². The van der Waals surface area contributed by atoms with Crippen molar-refractivity contribution in [3.8, 4) is 0 Å². The van der Waals surface area contributed by atoms with Gasteiger partial charge in [-0.1, -0.05) is 273 Å². The number of carbonyl (C=O) groups excluding carboxylic acids is 2. The molecule has 0 rings (SSSR count). The minimum absolute atomic E-state index is 0.0354. The van der Waals surface area contributed by atoms with Gasteiger partial charge in [0, 0.05) is 12.8 Å². The maximum absolute atomic E-state index is 13.6. The van der Waals surface area contributed by atoms with Gasteiger partial charge in [0.05, 0.1) is 33.8 Å². The van der Waals surface area contributed by atoms with E-state index >= 15 is 0 Å². The van der Waals surface area contributed by atoms with E-state index in [2.05, 4.69) is 99.0 Å². The summed E-state index contributed by atoms with van der Waals surface area (Å²) < 4.78 is 30.8. The first kappa shape index (κ1) is 79.2. The van der Waals surface area contributed by atoms with Gasteiger partial charge in [-0.2, -0.15) is 0 Å². The predicted molar refractivity (Wildman–Crippen MR) is 355 cm³/mol. The van der Waals surface area contributed by atoms with Crippen molar-refractivity contribution >= 4 is 19.7 Å². The number of hydrogen-bond donors (Lipinski definition) is 2. The first-order valence-corrected chi connectivity index (χ1v) is 35.9. The van der Waals surface area contributed by atoms with Crippen molar-refractivity contribution in [1.29, 1.82) is 0 Å². The normalized spacial score (nSPS) is 14.1. The van der Waals surface area contributed by atoms with Crippen LogP contribution >= 0.6 is 7.82 Å². The molecular formula is C72H132N2O7P+. The predicted octanol–water partition coefficient (Wildman–Crippen LogP) is 21.7. The van der Waals surface area contributed by atoms with Crippen molar-refractivity contribution in [3.63, 3.8) is 0 Å². The van der Waals surface area contributed by atoms with Gasteiger partial charge in [0.25, 0.3) is 0 Å². The van der Waals surface area contributed by atoms with Crippen molar-refractivity contribution in [2.45, 2.75) is 322 Å². The van der Waals surface area contributed by atoms with Crippen LogP contribution in [0.25, 0.3) is 0 Å². The number of quaternary nitrogens is 1. The molecule has 82 heavy (non-hydrogen) atoms. The van der Waals surface area contributed by atoms with Gasteiger partial charge in [0.1, 0.15) is 19.3 Å². The van der Waals surface area contributed by atoms with Crippen molar-refractivity contribution in [2.75, 3.05) is 40.9 Å². The van der Waals surface area contributed by atoms with Crippen molar-refractivity contribution < 1.29 is 37.3 Å². The fourth-order valence-corrected chi connectivity index (χ4v) is 10.5. The Labute approximate surface area is 507 Å². The number of unbranched alkanes of at least 4 members (excludes halogenated alkanes) is 34. The van der Waals surface area contributed by atoms with Crippen LogP contribution in [-0.2, 0) is 27.9 Å². The second kappa shape index (κ2) is 61.3. The quantitative estimate of drug-likeness (QED) is 0.0205. The standard InChI is InChI=1S/C72H131N2O7P/c1-7-10-13-16-19-22-25-28-30-32-34-36-37-39-40-42-44-46-49-52-55-58-61-64-71(75)73-69(68-80-82(77,78)79-67-66-74(4,5)6)70(63-60-57-54-51-48-27-24-21-18-15-12-9-3)81-72(76)65-62-59-56-53-50-47-45-43-41-38-35-33-31-29-26-23-20-17-14-11-8-2/h19-20,22-23,28-31,34-36,38,60,63,69-70H,7-18,21,24-27,32-33,37,39-59,61-62,64-68H2,1-6H3,(H-,73,75,77,78)/p+1/b22-19-,23-20-,30-28-,31-29-,36-34-,38-35-,63-60+. The lowest BCUT2D eigenvalue weighted by atomic mass is 10.0. The van der Waals surface area contributed by atoms with Crippen LogP contribution in [0.15, 0.2) is 85.1 Å². The van der Waals surface area contributed by atoms with E-state index in [9.17, 15) is 19.0 Å². The van der Waals surface area contributed by atoms with Crippen molar-refractivity contribution in [1.82, 2.24) is 5.32 Å². The fraction of sp³-hybridized carbons (Fsp3) is 0.778. The molecule has 3 unspecified atom stereocenters. The van der Waals surface area contributed by atoms with Crippen LogP contribution in [0.3, 0.4) is 0 Å². The number of carbonyl (C=O) groups is 2. The highest BCUT2D eigenvalue weighted by atomic mass is 31.2. The zero-order valence-electron chi connectivity index (χ0n) is 54.5. The number of nitrogens with one attached hydrogen (secondary N) is 1. The van der Waals surface area contributed by atoms with E-state index in [-0.39, 0.29) is 31.5 Å². The first-order valence-electron chi connectivity index (χ1n) is 34.4. The molecule has 0 aromatic rings. The average molecular weight is 1170 g/mol. The third-order valence-electron chi connectivity index (χ3n) is 15.1. The molecule has 1 amide bonds. The molecule has 0 bridgehead atoms. The molecule has 0 aromatic heterocycles. The molecule has 0 aliphatic rings. The van der Waals surface area contributed by atoms with E-state index in [1.807, 2.05) is 33.3 Å². The van der Waals surface area contributed by atoms with Crippen molar-refractivity contribution in [2.24, 2.45) is 0 Å². The third kappa shape index (κ3) is 61.7. The second-order valence-corrected chi connectivity index (χ2v) is 25.8. The molecule has 0 aliphatic heterocycles. The molecule has 0 saturated carbocycles. The Morgan fingerprint density at radius 3 is 1.13 bits per heavy atom. The van der Waals surface area contributed by atoms with Gasteiger partial charge in [-0.3, -0.25) is 18.6 Å². The Kier molecular flexibility index (Phi) is 59.2. The molecule has 10 heteroatoms. The molecule has 0 spiro atoms. The summed E-state index contributed by atoms with van der Waals surface area (Å²) >= 11 is 0. The number of nitrogens with zero attached hydrogens (tertiary/aromatic N) is 1. The molecule has 0 heterocycles. The smallest absolute Gasteiger partial charge is 0.456 e. The van der Waals surface area contributed by atoms with Crippen LogP contribution in [0, 0.1) is 0 Å². The van der Waals surface area contributed by atoms with E-state index in [4.69, 9.17) is 13.8 Å². The van der Waals surface area contributed by atoms with Crippen LogP contribution in [-0.4, -0.2) is 74.3 Å². The summed E-state index contributed by atoms with van der Waals surface area (Å²) in [5.41, 5.74) is 0. The molecule has 0 radical (unpaired) electrons. The summed E-state index contributed by atoms with van der Waals surface area (Å²) in [5.74, 6) is -0.513. The minimum atomic E-state index is -4.46. The number of allylic oxidation sites excluding steroid dienone is 13. The second-order valence-electron chi connectivity index (χ2n) is 24.3. The number of likely N-dealkylation sites (N-methyl/N-ethyl adjacent to an activating group) is 1. The zero-order valence-corrected chi connectivity index (χ0v) is 55.4. The number of amides is 1. The highest BCUT2D eigenvalue weighted by Crippen LogP contribution is 2.43. The monoisotopic (exact) mass is 1170 g/mol. The fourth-order valence-electron chi connectivity index (χ4n) is 9.72. The van der Waals surface area contributed by atoms with Crippen LogP contribution in [0.5, 0.6) is 0 Å². The number of phosphoric acid groups is 1. The molecular weight excluding hydrogens is 1040 g/mol. The molecule has 0 aromatic carbocycles. The maximum atomic E-state index is 13.6. The van der Waals surface area contributed by atoms with Gasteiger partial charge >= 0.3 is 13.8 Å². The highest BCUT2D eigenvalue weighted by molar-refractivity contribution is 7.47. The number of ether oxygens (including phenoxy) is 1. The largest absolute Gasteiger partial charge is 0.472 e. The zero-order chi connectivity index (χ0) is 60.0. The van der Waals surface area contributed by atoms with Crippen LogP contribution in [0.4, 0.5) is 0 Å². The van der Waals surface area contributed by atoms with Crippen LogP contribution in [0.2, 0.25) is 0 Å². The summed E-state index contributed by atoms with van der Waals surface area (Å²) in [7, 11) is 1.49. The number of hydrogen-bond acceptors (Lipinski definition) is 6.